The maximum absolute atomic E-state index is 9.17. The van der Waals surface area contributed by atoms with Crippen molar-refractivity contribution in [1.29, 1.82) is 0 Å². The summed E-state index contributed by atoms with van der Waals surface area (Å²) in [6.45, 7) is 10.8. The molecule has 5 heteroatoms. The van der Waals surface area contributed by atoms with Crippen LogP contribution in [0.15, 0.2) is 4.99 Å². The number of aliphatic hydroxyl groups excluding tert-OH is 1. The maximum Gasteiger partial charge on any atom is 0.191 e. The molecule has 0 saturated heterocycles. The predicted octanol–water partition coefficient (Wildman–Crippen LogP) is 2.01. The second kappa shape index (κ2) is 11.7. The molecular formula is C17H35N3O2. The molecule has 0 aromatic heterocycles. The Kier molecular flexibility index (Phi) is 10.2. The van der Waals surface area contributed by atoms with Gasteiger partial charge in [-0.2, -0.15) is 0 Å². The summed E-state index contributed by atoms with van der Waals surface area (Å²) in [5, 5.41) is 15.8. The average molecular weight is 313 g/mol. The summed E-state index contributed by atoms with van der Waals surface area (Å²) in [6, 6.07) is 0. The van der Waals surface area contributed by atoms with Gasteiger partial charge in [-0.3, -0.25) is 4.99 Å². The second-order valence-corrected chi connectivity index (χ2v) is 6.67. The van der Waals surface area contributed by atoms with E-state index in [9.17, 15) is 5.11 Å². The monoisotopic (exact) mass is 313 g/mol. The molecule has 0 radical (unpaired) electrons. The molecule has 1 aliphatic carbocycles. The molecule has 0 aromatic rings. The van der Waals surface area contributed by atoms with Crippen LogP contribution in [0.25, 0.3) is 0 Å². The summed E-state index contributed by atoms with van der Waals surface area (Å²) in [7, 11) is 0. The highest BCUT2D eigenvalue weighted by atomic mass is 16.5. The van der Waals surface area contributed by atoms with Crippen LogP contribution in [0.2, 0.25) is 0 Å². The quantitative estimate of drug-likeness (QED) is 0.293. The number of ether oxygens (including phenoxy) is 1. The molecule has 0 aromatic carbocycles. The summed E-state index contributed by atoms with van der Waals surface area (Å²) in [5.74, 6) is 2.76. The number of aliphatic imine (C=N–C) groups is 1. The van der Waals surface area contributed by atoms with Gasteiger partial charge >= 0.3 is 0 Å². The highest BCUT2D eigenvalue weighted by Crippen LogP contribution is 2.28. The zero-order chi connectivity index (χ0) is 16.2. The van der Waals surface area contributed by atoms with E-state index in [0.717, 1.165) is 57.6 Å². The molecular weight excluding hydrogens is 278 g/mol. The second-order valence-electron chi connectivity index (χ2n) is 6.67. The topological polar surface area (TPSA) is 65.9 Å². The van der Waals surface area contributed by atoms with Gasteiger partial charge < -0.3 is 20.5 Å². The van der Waals surface area contributed by atoms with Crippen molar-refractivity contribution in [3.05, 3.63) is 0 Å². The Morgan fingerprint density at radius 1 is 1.32 bits per heavy atom. The van der Waals surface area contributed by atoms with Crippen molar-refractivity contribution in [2.24, 2.45) is 22.7 Å². The van der Waals surface area contributed by atoms with E-state index in [4.69, 9.17) is 4.74 Å². The highest BCUT2D eigenvalue weighted by Gasteiger charge is 2.20. The average Bonchev–Trinajstić information content (AvgIpc) is 3.28. The number of aliphatic hydroxyl groups is 1. The third kappa shape index (κ3) is 10.0. The fraction of sp³-hybridized carbons (Fsp3) is 0.941. The van der Waals surface area contributed by atoms with Crippen LogP contribution in [0.5, 0.6) is 0 Å². The molecule has 130 valence electrons. The highest BCUT2D eigenvalue weighted by molar-refractivity contribution is 5.79. The SMILES string of the molecule is CCNC(=NCC(CCO)CC(C)C)NCCOCC1CC1. The summed E-state index contributed by atoms with van der Waals surface area (Å²) in [4.78, 5) is 4.66. The lowest BCUT2D eigenvalue weighted by Crippen LogP contribution is -2.39. The van der Waals surface area contributed by atoms with E-state index in [-0.39, 0.29) is 6.61 Å². The molecule has 0 heterocycles. The van der Waals surface area contributed by atoms with Crippen LogP contribution in [0, 0.1) is 17.8 Å². The molecule has 1 aliphatic rings. The molecule has 1 saturated carbocycles. The van der Waals surface area contributed by atoms with E-state index < -0.39 is 0 Å². The van der Waals surface area contributed by atoms with Gasteiger partial charge in [0.15, 0.2) is 5.96 Å². The van der Waals surface area contributed by atoms with Crippen LogP contribution < -0.4 is 10.6 Å². The number of hydrogen-bond donors (Lipinski definition) is 3. The van der Waals surface area contributed by atoms with Gasteiger partial charge in [0.2, 0.25) is 0 Å². The molecule has 3 N–H and O–H groups in total. The van der Waals surface area contributed by atoms with Crippen LogP contribution >= 0.6 is 0 Å². The molecule has 1 unspecified atom stereocenters. The van der Waals surface area contributed by atoms with Gasteiger partial charge in [-0.1, -0.05) is 13.8 Å². The summed E-state index contributed by atoms with van der Waals surface area (Å²) < 4.78 is 5.62. The summed E-state index contributed by atoms with van der Waals surface area (Å²) >= 11 is 0. The van der Waals surface area contributed by atoms with Gasteiger partial charge in [0, 0.05) is 32.8 Å². The molecule has 22 heavy (non-hydrogen) atoms. The molecule has 0 bridgehead atoms. The van der Waals surface area contributed by atoms with Gasteiger partial charge in [0.1, 0.15) is 0 Å². The first-order valence-corrected chi connectivity index (χ1v) is 8.86. The Balaban J connectivity index is 2.27. The van der Waals surface area contributed by atoms with Crippen molar-refractivity contribution >= 4 is 5.96 Å². The van der Waals surface area contributed by atoms with E-state index in [1.54, 1.807) is 0 Å². The number of nitrogens with one attached hydrogen (secondary N) is 2. The minimum atomic E-state index is 0.242. The van der Waals surface area contributed by atoms with Crippen molar-refractivity contribution < 1.29 is 9.84 Å². The fourth-order valence-electron chi connectivity index (χ4n) is 2.47. The van der Waals surface area contributed by atoms with E-state index >= 15 is 0 Å². The minimum absolute atomic E-state index is 0.242. The largest absolute Gasteiger partial charge is 0.396 e. The van der Waals surface area contributed by atoms with Gasteiger partial charge in [0.25, 0.3) is 0 Å². The number of guanidine groups is 1. The molecule has 5 nitrogen and oxygen atoms in total. The Morgan fingerprint density at radius 3 is 2.68 bits per heavy atom. The Labute approximate surface area is 135 Å². The summed E-state index contributed by atoms with van der Waals surface area (Å²) in [6.07, 6.45) is 4.60. The van der Waals surface area contributed by atoms with E-state index in [0.29, 0.717) is 11.8 Å². The zero-order valence-corrected chi connectivity index (χ0v) is 14.6. The van der Waals surface area contributed by atoms with Crippen molar-refractivity contribution in [1.82, 2.24) is 10.6 Å². The lowest BCUT2D eigenvalue weighted by atomic mass is 9.94. The van der Waals surface area contributed by atoms with Crippen molar-refractivity contribution in [3.63, 3.8) is 0 Å². The van der Waals surface area contributed by atoms with E-state index in [2.05, 4.69) is 36.4 Å². The van der Waals surface area contributed by atoms with Gasteiger partial charge in [-0.15, -0.1) is 0 Å². The number of hydrogen-bond acceptors (Lipinski definition) is 3. The molecule has 1 atom stereocenters. The molecule has 1 fully saturated rings. The van der Waals surface area contributed by atoms with Crippen molar-refractivity contribution in [3.8, 4) is 0 Å². The van der Waals surface area contributed by atoms with Crippen LogP contribution in [0.3, 0.4) is 0 Å². The Morgan fingerprint density at radius 2 is 2.09 bits per heavy atom. The van der Waals surface area contributed by atoms with Crippen LogP contribution in [0.1, 0.15) is 46.5 Å². The minimum Gasteiger partial charge on any atom is -0.396 e. The van der Waals surface area contributed by atoms with Crippen molar-refractivity contribution in [2.45, 2.75) is 46.5 Å². The first-order valence-electron chi connectivity index (χ1n) is 8.86. The zero-order valence-electron chi connectivity index (χ0n) is 14.6. The van der Waals surface area contributed by atoms with Crippen LogP contribution in [-0.4, -0.2) is 50.5 Å². The van der Waals surface area contributed by atoms with Gasteiger partial charge in [0.05, 0.1) is 6.61 Å². The predicted molar refractivity (Wildman–Crippen MR) is 92.2 cm³/mol. The molecule has 0 aliphatic heterocycles. The van der Waals surface area contributed by atoms with Crippen LogP contribution in [0.4, 0.5) is 0 Å². The molecule has 0 amide bonds. The van der Waals surface area contributed by atoms with Gasteiger partial charge in [-0.25, -0.2) is 0 Å². The third-order valence-electron chi connectivity index (χ3n) is 3.78. The van der Waals surface area contributed by atoms with Crippen molar-refractivity contribution in [2.75, 3.05) is 39.5 Å². The normalized spacial score (nSPS) is 16.9. The van der Waals surface area contributed by atoms with E-state index in [1.165, 1.54) is 12.8 Å². The molecule has 0 spiro atoms. The Hall–Kier alpha value is -0.810. The van der Waals surface area contributed by atoms with E-state index in [1.807, 2.05) is 0 Å². The summed E-state index contributed by atoms with van der Waals surface area (Å²) in [5.41, 5.74) is 0. The first kappa shape index (κ1) is 19.2. The number of nitrogens with zero attached hydrogens (tertiary/aromatic N) is 1. The molecule has 1 rings (SSSR count). The standard InChI is InChI=1S/C17H35N3O2/c1-4-18-17(19-8-10-22-13-15-5-6-15)20-12-16(7-9-21)11-14(2)3/h14-16,21H,4-13H2,1-3H3,(H2,18,19,20). The smallest absolute Gasteiger partial charge is 0.191 e. The lowest BCUT2D eigenvalue weighted by molar-refractivity contribution is 0.129. The fourth-order valence-corrected chi connectivity index (χ4v) is 2.47. The van der Waals surface area contributed by atoms with Gasteiger partial charge in [-0.05, 0) is 50.4 Å². The Bertz CT molecular complexity index is 304. The number of rotatable bonds is 12. The maximum atomic E-state index is 9.17. The first-order chi connectivity index (χ1) is 10.7. The van der Waals surface area contributed by atoms with Crippen LogP contribution in [-0.2, 0) is 4.74 Å². The lowest BCUT2D eigenvalue weighted by Gasteiger charge is -2.17. The third-order valence-corrected chi connectivity index (χ3v) is 3.78.